The number of aromatic nitrogens is 2. The highest BCUT2D eigenvalue weighted by Crippen LogP contribution is 2.31. The Morgan fingerprint density at radius 2 is 1.69 bits per heavy atom. The van der Waals surface area contributed by atoms with Crippen molar-refractivity contribution in [3.8, 4) is 22.7 Å². The van der Waals surface area contributed by atoms with Gasteiger partial charge in [-0.15, -0.1) is 11.3 Å². The fraction of sp³-hybridized carbons (Fsp3) is 0.290. The number of benzene rings is 2. The molecule has 9 nitrogen and oxygen atoms in total. The molecule has 1 aliphatic heterocycles. The maximum Gasteiger partial charge on any atom is 0.272 e. The van der Waals surface area contributed by atoms with Crippen LogP contribution in [-0.4, -0.2) is 57.6 Å². The first kappa shape index (κ1) is 29.5. The summed E-state index contributed by atoms with van der Waals surface area (Å²) >= 11 is 7.18. The first-order valence-electron chi connectivity index (χ1n) is 13.9. The Morgan fingerprint density at radius 3 is 2.31 bits per heavy atom. The number of para-hydroxylation sites is 1. The number of carbonyl (C=O) groups is 2. The predicted molar refractivity (Wildman–Crippen MR) is 166 cm³/mol. The van der Waals surface area contributed by atoms with Gasteiger partial charge >= 0.3 is 0 Å². The van der Waals surface area contributed by atoms with Gasteiger partial charge in [0.05, 0.1) is 11.4 Å². The Morgan fingerprint density at radius 1 is 1.05 bits per heavy atom. The number of hydrogen-bond donors (Lipinski definition) is 3. The van der Waals surface area contributed by atoms with Gasteiger partial charge in [0.25, 0.3) is 17.4 Å². The summed E-state index contributed by atoms with van der Waals surface area (Å²) in [7, 11) is 0. The van der Waals surface area contributed by atoms with Crippen LogP contribution in [0.4, 0.5) is 5.13 Å². The van der Waals surface area contributed by atoms with E-state index < -0.39 is 28.7 Å². The van der Waals surface area contributed by atoms with Gasteiger partial charge < -0.3 is 15.3 Å². The van der Waals surface area contributed by atoms with E-state index in [1.165, 1.54) is 15.9 Å². The third-order valence-electron chi connectivity index (χ3n) is 7.49. The van der Waals surface area contributed by atoms with Crippen molar-refractivity contribution in [3.05, 3.63) is 91.2 Å². The number of halogens is 1. The van der Waals surface area contributed by atoms with E-state index in [1.807, 2.05) is 44.2 Å². The highest BCUT2D eigenvalue weighted by atomic mass is 35.5. The SMILES string of the molecule is CCc1cccc(CC)c1-n1c(C)c(C(=O)N2CCNCC2)c(O)c(C(=O)Nc2nc(-c3ccc(Cl)cc3)cs2)c1=O. The Hall–Kier alpha value is -3.99. The molecule has 3 N–H and O–H groups in total. The highest BCUT2D eigenvalue weighted by molar-refractivity contribution is 7.14. The van der Waals surface area contributed by atoms with Gasteiger partial charge in [-0.2, -0.15) is 0 Å². The molecule has 2 aromatic heterocycles. The molecule has 0 bridgehead atoms. The Kier molecular flexibility index (Phi) is 8.77. The van der Waals surface area contributed by atoms with Gasteiger partial charge in [-0.25, -0.2) is 4.98 Å². The molecule has 4 aromatic rings. The monoisotopic (exact) mass is 605 g/mol. The molecular formula is C31H32ClN5O4S. The van der Waals surface area contributed by atoms with Gasteiger partial charge in [-0.3, -0.25) is 24.3 Å². The van der Waals surface area contributed by atoms with Crippen LogP contribution < -0.4 is 16.2 Å². The van der Waals surface area contributed by atoms with Crippen LogP contribution in [0, 0.1) is 6.92 Å². The van der Waals surface area contributed by atoms with Gasteiger partial charge in [0.2, 0.25) is 0 Å². The van der Waals surface area contributed by atoms with Gasteiger partial charge in [-0.05, 0) is 43.0 Å². The molecular weight excluding hydrogens is 574 g/mol. The van der Waals surface area contributed by atoms with Crippen LogP contribution in [0.5, 0.6) is 5.75 Å². The van der Waals surface area contributed by atoms with E-state index in [0.717, 1.165) is 16.7 Å². The van der Waals surface area contributed by atoms with Crippen molar-refractivity contribution in [2.24, 2.45) is 0 Å². The first-order valence-corrected chi connectivity index (χ1v) is 15.1. The van der Waals surface area contributed by atoms with Crippen LogP contribution in [0.1, 0.15) is 51.4 Å². The van der Waals surface area contributed by atoms with Gasteiger partial charge in [0, 0.05) is 47.8 Å². The molecule has 5 rings (SSSR count). The number of rotatable bonds is 7. The molecule has 0 unspecified atom stereocenters. The Labute approximate surface area is 252 Å². The molecule has 218 valence electrons. The molecule has 0 atom stereocenters. The van der Waals surface area contributed by atoms with Crippen molar-refractivity contribution in [2.45, 2.75) is 33.6 Å². The zero-order valence-corrected chi connectivity index (χ0v) is 25.2. The van der Waals surface area contributed by atoms with Crippen LogP contribution >= 0.6 is 22.9 Å². The van der Waals surface area contributed by atoms with E-state index in [-0.39, 0.29) is 16.4 Å². The van der Waals surface area contributed by atoms with E-state index in [9.17, 15) is 19.5 Å². The molecule has 0 saturated carbocycles. The van der Waals surface area contributed by atoms with E-state index in [0.29, 0.717) is 55.4 Å². The normalized spacial score (nSPS) is 13.3. The molecule has 3 heterocycles. The second-order valence-corrected chi connectivity index (χ2v) is 11.3. The Balaban J connectivity index is 1.65. The highest BCUT2D eigenvalue weighted by Gasteiger charge is 2.32. The number of thiazole rings is 1. The molecule has 0 aliphatic carbocycles. The average molecular weight is 606 g/mol. The number of nitrogens with zero attached hydrogens (tertiary/aromatic N) is 3. The topological polar surface area (TPSA) is 117 Å². The summed E-state index contributed by atoms with van der Waals surface area (Å²) < 4.78 is 1.42. The van der Waals surface area contributed by atoms with E-state index >= 15 is 0 Å². The van der Waals surface area contributed by atoms with Crippen LogP contribution in [0.2, 0.25) is 5.02 Å². The smallest absolute Gasteiger partial charge is 0.272 e. The number of amides is 2. The largest absolute Gasteiger partial charge is 0.506 e. The summed E-state index contributed by atoms with van der Waals surface area (Å²) in [6.07, 6.45) is 1.26. The zero-order valence-electron chi connectivity index (χ0n) is 23.7. The van der Waals surface area contributed by atoms with E-state index in [1.54, 1.807) is 29.3 Å². The maximum absolute atomic E-state index is 14.2. The fourth-order valence-electron chi connectivity index (χ4n) is 5.28. The molecule has 0 radical (unpaired) electrons. The van der Waals surface area contributed by atoms with Crippen LogP contribution in [0.15, 0.2) is 52.6 Å². The minimum atomic E-state index is -0.843. The van der Waals surface area contributed by atoms with Crippen molar-refractivity contribution < 1.29 is 14.7 Å². The number of nitrogens with one attached hydrogen (secondary N) is 2. The van der Waals surface area contributed by atoms with E-state index in [4.69, 9.17) is 11.6 Å². The average Bonchev–Trinajstić information content (AvgIpc) is 3.46. The zero-order chi connectivity index (χ0) is 30.0. The quantitative estimate of drug-likeness (QED) is 0.271. The molecule has 0 spiro atoms. The molecule has 11 heteroatoms. The number of anilines is 1. The Bertz CT molecular complexity index is 1690. The van der Waals surface area contributed by atoms with Crippen molar-refractivity contribution in [1.29, 1.82) is 0 Å². The molecule has 1 aliphatic rings. The number of carbonyl (C=O) groups excluding carboxylic acids is 2. The predicted octanol–water partition coefficient (Wildman–Crippen LogP) is 5.05. The van der Waals surface area contributed by atoms with Gasteiger partial charge in [0.15, 0.2) is 5.13 Å². The third kappa shape index (κ3) is 5.57. The van der Waals surface area contributed by atoms with Crippen LogP contribution in [0.3, 0.4) is 0 Å². The maximum atomic E-state index is 14.2. The van der Waals surface area contributed by atoms with Gasteiger partial charge in [-0.1, -0.05) is 55.8 Å². The number of hydrogen-bond acceptors (Lipinski definition) is 7. The third-order valence-corrected chi connectivity index (χ3v) is 8.50. The molecule has 2 aromatic carbocycles. The lowest BCUT2D eigenvalue weighted by Gasteiger charge is -2.29. The molecule has 1 fully saturated rings. The summed E-state index contributed by atoms with van der Waals surface area (Å²) in [5.74, 6) is -1.90. The van der Waals surface area contributed by atoms with Gasteiger partial charge in [0.1, 0.15) is 16.9 Å². The standard InChI is InChI=1S/C31H32ClN5O4S/c1-4-19-7-6-8-20(5-2)26(19)37-18(3)24(29(40)36-15-13-33-14-16-36)27(38)25(30(37)41)28(39)35-31-34-23(17-42-31)21-9-11-22(32)12-10-21/h6-12,17,33,38H,4-5,13-16H2,1-3H3,(H,34,35,39). The summed E-state index contributed by atoms with van der Waals surface area (Å²) in [5.41, 5.74) is 2.87. The number of pyridine rings is 1. The van der Waals surface area contributed by atoms with Crippen LogP contribution in [-0.2, 0) is 12.8 Å². The fourth-order valence-corrected chi connectivity index (χ4v) is 6.12. The number of piperazine rings is 1. The van der Waals surface area contributed by atoms with Crippen molar-refractivity contribution in [2.75, 3.05) is 31.5 Å². The molecule has 42 heavy (non-hydrogen) atoms. The minimum absolute atomic E-state index is 0.0596. The summed E-state index contributed by atoms with van der Waals surface area (Å²) in [5, 5.41) is 20.0. The lowest BCUT2D eigenvalue weighted by molar-refractivity contribution is 0.0731. The number of aryl methyl sites for hydroxylation is 2. The summed E-state index contributed by atoms with van der Waals surface area (Å²) in [6.45, 7) is 7.71. The lowest BCUT2D eigenvalue weighted by Crippen LogP contribution is -2.47. The van der Waals surface area contributed by atoms with Crippen molar-refractivity contribution in [1.82, 2.24) is 19.8 Å². The second kappa shape index (κ2) is 12.5. The summed E-state index contributed by atoms with van der Waals surface area (Å²) in [4.78, 5) is 47.8. The molecule has 2 amide bonds. The second-order valence-electron chi connectivity index (χ2n) is 10.00. The van der Waals surface area contributed by atoms with Crippen molar-refractivity contribution >= 4 is 39.9 Å². The van der Waals surface area contributed by atoms with Crippen molar-refractivity contribution in [3.63, 3.8) is 0 Å². The minimum Gasteiger partial charge on any atom is -0.506 e. The van der Waals surface area contributed by atoms with Crippen LogP contribution in [0.25, 0.3) is 16.9 Å². The first-order chi connectivity index (χ1) is 20.2. The molecule has 1 saturated heterocycles. The number of aromatic hydroxyl groups is 1. The van der Waals surface area contributed by atoms with E-state index in [2.05, 4.69) is 15.6 Å². The lowest BCUT2D eigenvalue weighted by atomic mass is 10.00. The summed E-state index contributed by atoms with van der Waals surface area (Å²) in [6, 6.07) is 12.9.